The van der Waals surface area contributed by atoms with E-state index in [1.807, 2.05) is 4.90 Å². The molecule has 1 atom stereocenters. The lowest BCUT2D eigenvalue weighted by molar-refractivity contribution is -0.143. The van der Waals surface area contributed by atoms with Gasteiger partial charge in [0.1, 0.15) is 11.9 Å². The van der Waals surface area contributed by atoms with E-state index in [0.717, 1.165) is 0 Å². The van der Waals surface area contributed by atoms with Crippen LogP contribution < -0.4 is 0 Å². The van der Waals surface area contributed by atoms with Gasteiger partial charge in [0.25, 0.3) is 5.91 Å². The molecule has 1 amide bonds. The molecule has 21 heavy (non-hydrogen) atoms. The van der Waals surface area contributed by atoms with Crippen LogP contribution >= 0.6 is 15.9 Å². The van der Waals surface area contributed by atoms with E-state index < -0.39 is 17.8 Å². The molecule has 1 N–H and O–H groups in total. The molecule has 5 nitrogen and oxygen atoms in total. The van der Waals surface area contributed by atoms with Crippen LogP contribution in [0.15, 0.2) is 22.7 Å². The number of nitrogens with zero attached hydrogens (tertiary/aromatic N) is 2. The minimum absolute atomic E-state index is 0.176. The van der Waals surface area contributed by atoms with Crippen LogP contribution in [-0.2, 0) is 4.79 Å². The number of benzene rings is 1. The molecule has 1 heterocycles. The van der Waals surface area contributed by atoms with Gasteiger partial charge in [-0.25, -0.2) is 4.39 Å². The lowest BCUT2D eigenvalue weighted by Crippen LogP contribution is -2.53. The first-order valence-electron chi connectivity index (χ1n) is 6.61. The third-order valence-corrected chi connectivity index (χ3v) is 4.32. The number of hydrogen-bond acceptors (Lipinski definition) is 3. The molecule has 2 rings (SSSR count). The maximum atomic E-state index is 13.1. The lowest BCUT2D eigenvalue weighted by Gasteiger charge is -2.36. The molecule has 1 aromatic rings. The highest BCUT2D eigenvalue weighted by atomic mass is 79.9. The summed E-state index contributed by atoms with van der Waals surface area (Å²) in [6.07, 6.45) is 0. The Hall–Kier alpha value is -1.47. The predicted molar refractivity (Wildman–Crippen MR) is 78.7 cm³/mol. The fraction of sp³-hybridized carbons (Fsp3) is 0.429. The van der Waals surface area contributed by atoms with E-state index in [2.05, 4.69) is 15.9 Å². The number of rotatable bonds is 3. The molecule has 0 radical (unpaired) electrons. The van der Waals surface area contributed by atoms with Gasteiger partial charge in [0, 0.05) is 30.7 Å². The highest BCUT2D eigenvalue weighted by Crippen LogP contribution is 2.20. The van der Waals surface area contributed by atoms with Crippen molar-refractivity contribution < 1.29 is 19.1 Å². The van der Waals surface area contributed by atoms with Crippen molar-refractivity contribution in [3.05, 3.63) is 34.1 Å². The van der Waals surface area contributed by atoms with E-state index in [9.17, 15) is 14.0 Å². The number of halogens is 2. The third-order valence-electron chi connectivity index (χ3n) is 3.67. The molecule has 7 heteroatoms. The average Bonchev–Trinajstić information content (AvgIpc) is 2.46. The topological polar surface area (TPSA) is 60.9 Å². The largest absolute Gasteiger partial charge is 0.480 e. The summed E-state index contributed by atoms with van der Waals surface area (Å²) >= 11 is 3.19. The minimum atomic E-state index is -0.865. The predicted octanol–water partition coefficient (Wildman–Crippen LogP) is 1.82. The van der Waals surface area contributed by atoms with Crippen LogP contribution in [0.2, 0.25) is 0 Å². The van der Waals surface area contributed by atoms with Crippen molar-refractivity contribution in [2.24, 2.45) is 0 Å². The molecule has 1 saturated heterocycles. The summed E-state index contributed by atoms with van der Waals surface area (Å²) in [7, 11) is 0. The van der Waals surface area contributed by atoms with Crippen molar-refractivity contribution in [2.75, 3.05) is 26.2 Å². The van der Waals surface area contributed by atoms with Crippen molar-refractivity contribution in [3.63, 3.8) is 0 Å². The van der Waals surface area contributed by atoms with Gasteiger partial charge in [0.15, 0.2) is 0 Å². The molecular formula is C14H16BrFN2O3. The highest BCUT2D eigenvalue weighted by molar-refractivity contribution is 9.10. The third kappa shape index (κ3) is 3.59. The van der Waals surface area contributed by atoms with Crippen molar-refractivity contribution in [1.29, 1.82) is 0 Å². The average molecular weight is 359 g/mol. The molecule has 0 saturated carbocycles. The summed E-state index contributed by atoms with van der Waals surface area (Å²) in [5.41, 5.74) is 0.413. The van der Waals surface area contributed by atoms with E-state index in [1.54, 1.807) is 11.8 Å². The quantitative estimate of drug-likeness (QED) is 0.895. The monoisotopic (exact) mass is 358 g/mol. The Morgan fingerprint density at radius 1 is 1.29 bits per heavy atom. The van der Waals surface area contributed by atoms with Crippen LogP contribution in [0.5, 0.6) is 0 Å². The van der Waals surface area contributed by atoms with Gasteiger partial charge in [-0.3, -0.25) is 14.5 Å². The molecule has 1 unspecified atom stereocenters. The fourth-order valence-corrected chi connectivity index (χ4v) is 2.82. The molecule has 1 aliphatic rings. The first-order valence-corrected chi connectivity index (χ1v) is 7.40. The molecule has 0 aliphatic carbocycles. The molecule has 0 spiro atoms. The number of hydrogen-bond donors (Lipinski definition) is 1. The summed E-state index contributed by atoms with van der Waals surface area (Å²) in [5, 5.41) is 8.99. The van der Waals surface area contributed by atoms with Crippen LogP contribution in [-0.4, -0.2) is 59.0 Å². The van der Waals surface area contributed by atoms with Crippen molar-refractivity contribution in [3.8, 4) is 0 Å². The van der Waals surface area contributed by atoms with Gasteiger partial charge in [-0.2, -0.15) is 0 Å². The van der Waals surface area contributed by atoms with Crippen LogP contribution in [0, 0.1) is 5.82 Å². The summed E-state index contributed by atoms with van der Waals surface area (Å²) in [6.45, 7) is 3.58. The molecule has 1 aromatic carbocycles. The maximum Gasteiger partial charge on any atom is 0.320 e. The van der Waals surface area contributed by atoms with Gasteiger partial charge in [-0.15, -0.1) is 0 Å². The normalized spacial score (nSPS) is 17.6. The second-order valence-corrected chi connectivity index (χ2v) is 5.82. The number of carbonyl (C=O) groups excluding carboxylic acids is 1. The number of aliphatic carboxylic acids is 1. The number of amides is 1. The van der Waals surface area contributed by atoms with Crippen LogP contribution in [0.25, 0.3) is 0 Å². The first kappa shape index (κ1) is 15.9. The molecular weight excluding hydrogens is 343 g/mol. The van der Waals surface area contributed by atoms with Gasteiger partial charge in [-0.1, -0.05) is 0 Å². The fourth-order valence-electron chi connectivity index (χ4n) is 2.30. The summed E-state index contributed by atoms with van der Waals surface area (Å²) in [5.74, 6) is -1.45. The SMILES string of the molecule is CC(C(=O)O)N1CCN(C(=O)c2ccc(F)cc2Br)CC1. The van der Waals surface area contributed by atoms with Gasteiger partial charge in [0.2, 0.25) is 0 Å². The smallest absolute Gasteiger partial charge is 0.320 e. The highest BCUT2D eigenvalue weighted by Gasteiger charge is 2.28. The summed E-state index contributed by atoms with van der Waals surface area (Å²) < 4.78 is 13.5. The second kappa shape index (κ2) is 6.53. The number of carbonyl (C=O) groups is 2. The number of carboxylic acids is 1. The zero-order valence-electron chi connectivity index (χ0n) is 11.6. The number of carboxylic acid groups (broad SMARTS) is 1. The van der Waals surface area contributed by atoms with Crippen LogP contribution in [0.3, 0.4) is 0 Å². The first-order chi connectivity index (χ1) is 9.90. The van der Waals surface area contributed by atoms with Crippen molar-refractivity contribution in [2.45, 2.75) is 13.0 Å². The Morgan fingerprint density at radius 2 is 1.90 bits per heavy atom. The van der Waals surface area contributed by atoms with E-state index >= 15 is 0 Å². The Morgan fingerprint density at radius 3 is 2.43 bits per heavy atom. The van der Waals surface area contributed by atoms with E-state index in [-0.39, 0.29) is 5.91 Å². The zero-order chi connectivity index (χ0) is 15.6. The van der Waals surface area contributed by atoms with Gasteiger partial charge >= 0.3 is 5.97 Å². The molecule has 114 valence electrons. The molecule has 1 fully saturated rings. The van der Waals surface area contributed by atoms with Gasteiger partial charge in [-0.05, 0) is 41.1 Å². The Balaban J connectivity index is 2.02. The van der Waals surface area contributed by atoms with E-state index in [0.29, 0.717) is 36.2 Å². The lowest BCUT2D eigenvalue weighted by atomic mass is 10.1. The molecule has 0 aromatic heterocycles. The van der Waals surface area contributed by atoms with Crippen molar-refractivity contribution >= 4 is 27.8 Å². The van der Waals surface area contributed by atoms with E-state index in [4.69, 9.17) is 5.11 Å². The Bertz CT molecular complexity index is 559. The summed E-state index contributed by atoms with van der Waals surface area (Å²) in [6, 6.07) is 3.41. The standard InChI is InChI=1S/C14H16BrFN2O3/c1-9(14(20)21)17-4-6-18(7-5-17)13(19)11-3-2-10(16)8-12(11)15/h2-3,8-9H,4-7H2,1H3,(H,20,21). The Kier molecular flexibility index (Phi) is 4.95. The van der Waals surface area contributed by atoms with Crippen LogP contribution in [0.4, 0.5) is 4.39 Å². The van der Waals surface area contributed by atoms with Gasteiger partial charge < -0.3 is 10.0 Å². The number of piperazine rings is 1. The molecule has 0 bridgehead atoms. The molecule has 1 aliphatic heterocycles. The van der Waals surface area contributed by atoms with E-state index in [1.165, 1.54) is 18.2 Å². The Labute approximate surface area is 130 Å². The summed E-state index contributed by atoms with van der Waals surface area (Å²) in [4.78, 5) is 26.8. The van der Waals surface area contributed by atoms with Crippen LogP contribution in [0.1, 0.15) is 17.3 Å². The van der Waals surface area contributed by atoms with Crippen molar-refractivity contribution in [1.82, 2.24) is 9.80 Å². The maximum absolute atomic E-state index is 13.1. The van der Waals surface area contributed by atoms with Gasteiger partial charge in [0.05, 0.1) is 5.56 Å². The zero-order valence-corrected chi connectivity index (χ0v) is 13.1. The minimum Gasteiger partial charge on any atom is -0.480 e. The second-order valence-electron chi connectivity index (χ2n) is 4.97.